The monoisotopic (exact) mass is 280 g/mol. The standard InChI is InChI=1S/C11H16N6OS/c1-11(2,17-5-3-12-4-6-17)10-13-9(18-15-10)8-7-19-16-14-8/h7,12H,3-6H2,1-2H3. The van der Waals surface area contributed by atoms with Gasteiger partial charge in [0.25, 0.3) is 5.89 Å². The lowest BCUT2D eigenvalue weighted by atomic mass is 10.0. The van der Waals surface area contributed by atoms with E-state index in [1.165, 1.54) is 11.5 Å². The second-order valence-electron chi connectivity index (χ2n) is 5.01. The number of hydrogen-bond donors (Lipinski definition) is 1. The Hall–Kier alpha value is -1.38. The molecule has 1 N–H and O–H groups in total. The summed E-state index contributed by atoms with van der Waals surface area (Å²) in [4.78, 5) is 6.82. The van der Waals surface area contributed by atoms with Crippen LogP contribution in [-0.4, -0.2) is 50.8 Å². The Labute approximate surface area is 115 Å². The van der Waals surface area contributed by atoms with Crippen molar-refractivity contribution in [3.8, 4) is 11.6 Å². The molecule has 7 nitrogen and oxygen atoms in total. The molecule has 8 heteroatoms. The van der Waals surface area contributed by atoms with Crippen LogP contribution in [-0.2, 0) is 5.54 Å². The molecule has 0 saturated carbocycles. The molecule has 3 rings (SSSR count). The highest BCUT2D eigenvalue weighted by atomic mass is 32.1. The van der Waals surface area contributed by atoms with Gasteiger partial charge in [-0.1, -0.05) is 9.64 Å². The molecule has 1 aliphatic heterocycles. The van der Waals surface area contributed by atoms with Crippen molar-refractivity contribution >= 4 is 11.5 Å². The van der Waals surface area contributed by atoms with E-state index in [9.17, 15) is 0 Å². The van der Waals surface area contributed by atoms with Gasteiger partial charge < -0.3 is 9.84 Å². The van der Waals surface area contributed by atoms with Crippen LogP contribution in [0.3, 0.4) is 0 Å². The highest BCUT2D eigenvalue weighted by Crippen LogP contribution is 2.27. The first-order valence-electron chi connectivity index (χ1n) is 6.25. The molecule has 3 heterocycles. The minimum Gasteiger partial charge on any atom is -0.332 e. The third-order valence-electron chi connectivity index (χ3n) is 3.46. The summed E-state index contributed by atoms with van der Waals surface area (Å²) < 4.78 is 9.09. The van der Waals surface area contributed by atoms with Gasteiger partial charge >= 0.3 is 0 Å². The number of nitrogens with one attached hydrogen (secondary N) is 1. The Morgan fingerprint density at radius 1 is 1.37 bits per heavy atom. The Kier molecular flexibility index (Phi) is 3.29. The SMILES string of the molecule is CC(C)(c1noc(-c2csnn2)n1)N1CCNCC1. The number of nitrogens with zero attached hydrogens (tertiary/aromatic N) is 5. The zero-order valence-corrected chi connectivity index (χ0v) is 11.8. The van der Waals surface area contributed by atoms with Crippen LogP contribution in [0.2, 0.25) is 0 Å². The molecule has 1 aliphatic rings. The summed E-state index contributed by atoms with van der Waals surface area (Å²) in [6, 6.07) is 0. The van der Waals surface area contributed by atoms with E-state index in [1.54, 1.807) is 5.38 Å². The topological polar surface area (TPSA) is 80.0 Å². The predicted octanol–water partition coefficient (Wildman–Crippen LogP) is 0.728. The Morgan fingerprint density at radius 3 is 2.84 bits per heavy atom. The Morgan fingerprint density at radius 2 is 2.16 bits per heavy atom. The summed E-state index contributed by atoms with van der Waals surface area (Å²) in [7, 11) is 0. The molecular formula is C11H16N6OS. The molecule has 2 aromatic rings. The minimum atomic E-state index is -0.243. The van der Waals surface area contributed by atoms with Gasteiger partial charge in [-0.3, -0.25) is 4.90 Å². The van der Waals surface area contributed by atoms with Crippen LogP contribution in [0.1, 0.15) is 19.7 Å². The highest BCUT2D eigenvalue weighted by Gasteiger charge is 2.34. The first-order valence-corrected chi connectivity index (χ1v) is 7.09. The zero-order valence-electron chi connectivity index (χ0n) is 11.0. The molecule has 0 bridgehead atoms. The van der Waals surface area contributed by atoms with Crippen molar-refractivity contribution in [2.24, 2.45) is 0 Å². The molecular weight excluding hydrogens is 264 g/mol. The van der Waals surface area contributed by atoms with Crippen LogP contribution in [0.25, 0.3) is 11.6 Å². The second kappa shape index (κ2) is 4.95. The maximum Gasteiger partial charge on any atom is 0.279 e. The normalized spacial score (nSPS) is 17.8. The van der Waals surface area contributed by atoms with Gasteiger partial charge in [0, 0.05) is 31.6 Å². The van der Waals surface area contributed by atoms with Gasteiger partial charge in [-0.05, 0) is 25.4 Å². The number of aromatic nitrogens is 4. The highest BCUT2D eigenvalue weighted by molar-refractivity contribution is 7.03. The molecule has 0 aromatic carbocycles. The van der Waals surface area contributed by atoms with E-state index in [4.69, 9.17) is 4.52 Å². The molecule has 0 radical (unpaired) electrons. The molecule has 1 saturated heterocycles. The third kappa shape index (κ3) is 2.38. The van der Waals surface area contributed by atoms with Crippen molar-refractivity contribution in [1.29, 1.82) is 0 Å². The van der Waals surface area contributed by atoms with Crippen molar-refractivity contribution < 1.29 is 4.52 Å². The third-order valence-corrected chi connectivity index (χ3v) is 3.96. The zero-order chi connectivity index (χ0) is 13.3. The summed E-state index contributed by atoms with van der Waals surface area (Å²) in [6.07, 6.45) is 0. The fraction of sp³-hybridized carbons (Fsp3) is 0.636. The lowest BCUT2D eigenvalue weighted by Crippen LogP contribution is -2.52. The fourth-order valence-corrected chi connectivity index (χ4v) is 2.63. The molecule has 0 unspecified atom stereocenters. The van der Waals surface area contributed by atoms with Crippen molar-refractivity contribution in [2.75, 3.05) is 26.2 Å². The number of piperazine rings is 1. The van der Waals surface area contributed by atoms with Crippen LogP contribution >= 0.6 is 11.5 Å². The van der Waals surface area contributed by atoms with E-state index in [1.807, 2.05) is 0 Å². The summed E-state index contributed by atoms with van der Waals surface area (Å²) in [5.74, 6) is 1.13. The number of hydrogen-bond acceptors (Lipinski definition) is 8. The van der Waals surface area contributed by atoms with Crippen molar-refractivity contribution in [1.82, 2.24) is 29.9 Å². The van der Waals surface area contributed by atoms with E-state index in [-0.39, 0.29) is 5.54 Å². The summed E-state index contributed by atoms with van der Waals surface area (Å²) in [5.41, 5.74) is 0.396. The fourth-order valence-electron chi connectivity index (χ4n) is 2.20. The van der Waals surface area contributed by atoms with Crippen LogP contribution < -0.4 is 5.32 Å². The summed E-state index contributed by atoms with van der Waals surface area (Å²) >= 11 is 1.27. The predicted molar refractivity (Wildman–Crippen MR) is 70.7 cm³/mol. The van der Waals surface area contributed by atoms with E-state index < -0.39 is 0 Å². The van der Waals surface area contributed by atoms with Crippen molar-refractivity contribution in [3.63, 3.8) is 0 Å². The lowest BCUT2D eigenvalue weighted by molar-refractivity contribution is 0.0925. The number of rotatable bonds is 3. The molecule has 19 heavy (non-hydrogen) atoms. The van der Waals surface area contributed by atoms with E-state index in [0.29, 0.717) is 17.4 Å². The first-order chi connectivity index (χ1) is 9.18. The Balaban J connectivity index is 1.84. The molecule has 2 aromatic heterocycles. The van der Waals surface area contributed by atoms with Gasteiger partial charge in [0.1, 0.15) is 0 Å². The van der Waals surface area contributed by atoms with Gasteiger partial charge in [-0.2, -0.15) is 4.98 Å². The van der Waals surface area contributed by atoms with Gasteiger partial charge in [0.15, 0.2) is 11.5 Å². The van der Waals surface area contributed by atoms with Crippen molar-refractivity contribution in [3.05, 3.63) is 11.2 Å². The van der Waals surface area contributed by atoms with Gasteiger partial charge in [0.2, 0.25) is 0 Å². The molecule has 102 valence electrons. The summed E-state index contributed by atoms with van der Waals surface area (Å²) in [5, 5.41) is 13.2. The van der Waals surface area contributed by atoms with Gasteiger partial charge in [0.05, 0.1) is 5.54 Å². The Bertz CT molecular complexity index is 531. The smallest absolute Gasteiger partial charge is 0.279 e. The average Bonchev–Trinajstić information content (AvgIpc) is 3.10. The van der Waals surface area contributed by atoms with Crippen LogP contribution in [0.5, 0.6) is 0 Å². The maximum atomic E-state index is 5.29. The van der Waals surface area contributed by atoms with E-state index in [0.717, 1.165) is 26.2 Å². The van der Waals surface area contributed by atoms with Crippen LogP contribution in [0, 0.1) is 0 Å². The average molecular weight is 280 g/mol. The summed E-state index contributed by atoms with van der Waals surface area (Å²) in [6.45, 7) is 8.18. The van der Waals surface area contributed by atoms with Crippen LogP contribution in [0.4, 0.5) is 0 Å². The van der Waals surface area contributed by atoms with Gasteiger partial charge in [-0.25, -0.2) is 0 Å². The molecule has 0 spiro atoms. The van der Waals surface area contributed by atoms with E-state index >= 15 is 0 Å². The van der Waals surface area contributed by atoms with Crippen LogP contribution in [0.15, 0.2) is 9.90 Å². The largest absolute Gasteiger partial charge is 0.332 e. The quantitative estimate of drug-likeness (QED) is 0.887. The molecule has 0 amide bonds. The second-order valence-corrected chi connectivity index (χ2v) is 5.62. The van der Waals surface area contributed by atoms with Gasteiger partial charge in [-0.15, -0.1) is 5.10 Å². The molecule has 0 aliphatic carbocycles. The van der Waals surface area contributed by atoms with Crippen molar-refractivity contribution in [2.45, 2.75) is 19.4 Å². The van der Waals surface area contributed by atoms with E-state index in [2.05, 4.69) is 43.8 Å². The first kappa shape index (κ1) is 12.6. The molecule has 0 atom stereocenters. The lowest BCUT2D eigenvalue weighted by Gasteiger charge is -2.38. The maximum absolute atomic E-state index is 5.29. The molecule has 1 fully saturated rings. The minimum absolute atomic E-state index is 0.243.